The Morgan fingerprint density at radius 2 is 2.00 bits per heavy atom. The summed E-state index contributed by atoms with van der Waals surface area (Å²) in [7, 11) is 0. The van der Waals surface area contributed by atoms with Gasteiger partial charge in [-0.2, -0.15) is 0 Å². The highest BCUT2D eigenvalue weighted by Gasteiger charge is 2.18. The number of carbonyl (C=O) groups is 1. The molecule has 0 radical (unpaired) electrons. The maximum atomic E-state index is 11.7. The molecule has 100 valence electrons. The second-order valence-electron chi connectivity index (χ2n) is 4.65. The van der Waals surface area contributed by atoms with Gasteiger partial charge in [-0.15, -0.1) is 10.2 Å². The van der Waals surface area contributed by atoms with Crippen molar-refractivity contribution >= 4 is 22.4 Å². The lowest BCUT2D eigenvalue weighted by atomic mass is 10.2. The Morgan fingerprint density at radius 3 is 2.58 bits per heavy atom. The zero-order valence-corrected chi connectivity index (χ0v) is 12.0. The molecular formula is C13H16N4OS. The Hall–Kier alpha value is -1.82. The summed E-state index contributed by atoms with van der Waals surface area (Å²) in [5, 5.41) is 9.71. The molecule has 2 heterocycles. The van der Waals surface area contributed by atoms with Crippen LogP contribution in [0.5, 0.6) is 0 Å². The fourth-order valence-corrected chi connectivity index (χ4v) is 2.55. The molecule has 0 aromatic carbocycles. The predicted octanol–water partition coefficient (Wildman–Crippen LogP) is 2.61. The molecule has 2 aromatic rings. The van der Waals surface area contributed by atoms with Crippen LogP contribution in [-0.2, 0) is 4.79 Å². The highest BCUT2D eigenvalue weighted by Crippen LogP contribution is 2.28. The van der Waals surface area contributed by atoms with E-state index in [4.69, 9.17) is 0 Å². The van der Waals surface area contributed by atoms with Gasteiger partial charge < -0.3 is 0 Å². The van der Waals surface area contributed by atoms with Crippen molar-refractivity contribution < 1.29 is 4.79 Å². The molecule has 6 heteroatoms. The zero-order valence-electron chi connectivity index (χ0n) is 11.2. The average Bonchev–Trinajstić information content (AvgIpc) is 2.86. The number of pyridine rings is 1. The second-order valence-corrected chi connectivity index (χ2v) is 5.61. The van der Waals surface area contributed by atoms with E-state index in [1.165, 1.54) is 11.3 Å². The van der Waals surface area contributed by atoms with Crippen molar-refractivity contribution in [2.45, 2.75) is 20.8 Å². The minimum atomic E-state index is -0.00821. The first-order valence-corrected chi connectivity index (χ1v) is 6.91. The van der Waals surface area contributed by atoms with E-state index < -0.39 is 0 Å². The lowest BCUT2D eigenvalue weighted by Crippen LogP contribution is -2.32. The van der Waals surface area contributed by atoms with Gasteiger partial charge in [-0.25, -0.2) is 0 Å². The molecule has 2 rings (SSSR count). The van der Waals surface area contributed by atoms with Crippen LogP contribution in [0.1, 0.15) is 20.8 Å². The quantitative estimate of drug-likeness (QED) is 0.861. The normalized spacial score (nSPS) is 10.7. The van der Waals surface area contributed by atoms with Gasteiger partial charge in [-0.3, -0.25) is 14.7 Å². The van der Waals surface area contributed by atoms with Gasteiger partial charge in [0.25, 0.3) is 0 Å². The summed E-state index contributed by atoms with van der Waals surface area (Å²) in [6.45, 7) is 6.34. The van der Waals surface area contributed by atoms with Gasteiger partial charge in [0.1, 0.15) is 5.01 Å². The van der Waals surface area contributed by atoms with E-state index in [0.29, 0.717) is 17.6 Å². The first-order chi connectivity index (χ1) is 9.08. The number of hydrogen-bond donors (Lipinski definition) is 0. The molecule has 0 aliphatic heterocycles. The lowest BCUT2D eigenvalue weighted by Gasteiger charge is -2.19. The highest BCUT2D eigenvalue weighted by atomic mass is 32.1. The molecule has 0 aliphatic carbocycles. The topological polar surface area (TPSA) is 59.0 Å². The van der Waals surface area contributed by atoms with Crippen molar-refractivity contribution in [3.63, 3.8) is 0 Å². The summed E-state index contributed by atoms with van der Waals surface area (Å²) in [5.41, 5.74) is 0.965. The zero-order chi connectivity index (χ0) is 13.8. The van der Waals surface area contributed by atoms with Crippen LogP contribution in [0.3, 0.4) is 0 Å². The maximum Gasteiger partial charge on any atom is 0.225 e. The van der Waals surface area contributed by atoms with Gasteiger partial charge >= 0.3 is 0 Å². The second kappa shape index (κ2) is 5.88. The SMILES string of the molecule is CC(=O)N(CC(C)C)c1nnc(-c2ccncc2)s1. The van der Waals surface area contributed by atoms with Crippen LogP contribution < -0.4 is 4.90 Å². The Balaban J connectivity index is 2.26. The van der Waals surface area contributed by atoms with Crippen molar-refractivity contribution in [1.82, 2.24) is 15.2 Å². The van der Waals surface area contributed by atoms with Crippen LogP contribution in [0, 0.1) is 5.92 Å². The molecule has 0 aliphatic rings. The van der Waals surface area contributed by atoms with Gasteiger partial charge in [0.2, 0.25) is 11.0 Å². The lowest BCUT2D eigenvalue weighted by molar-refractivity contribution is -0.116. The van der Waals surface area contributed by atoms with Crippen molar-refractivity contribution in [3.05, 3.63) is 24.5 Å². The molecule has 0 atom stereocenters. The van der Waals surface area contributed by atoms with Crippen LogP contribution in [0.25, 0.3) is 10.6 Å². The molecule has 0 fully saturated rings. The summed E-state index contributed by atoms with van der Waals surface area (Å²) in [6, 6.07) is 3.76. The van der Waals surface area contributed by atoms with E-state index in [0.717, 1.165) is 10.6 Å². The standard InChI is InChI=1S/C13H16N4OS/c1-9(2)8-17(10(3)18)13-16-15-12(19-13)11-4-6-14-7-5-11/h4-7,9H,8H2,1-3H3. The van der Waals surface area contributed by atoms with E-state index >= 15 is 0 Å². The first-order valence-electron chi connectivity index (χ1n) is 6.10. The number of anilines is 1. The van der Waals surface area contributed by atoms with Gasteiger partial charge in [0.05, 0.1) is 0 Å². The molecule has 0 N–H and O–H groups in total. The molecule has 0 unspecified atom stereocenters. The average molecular weight is 276 g/mol. The largest absolute Gasteiger partial charge is 0.287 e. The van der Waals surface area contributed by atoms with Crippen LogP contribution in [0.2, 0.25) is 0 Å². The van der Waals surface area contributed by atoms with Crippen LogP contribution in [0.4, 0.5) is 5.13 Å². The van der Waals surface area contributed by atoms with Gasteiger partial charge in [-0.1, -0.05) is 25.2 Å². The number of hydrogen-bond acceptors (Lipinski definition) is 5. The predicted molar refractivity (Wildman–Crippen MR) is 76.0 cm³/mol. The summed E-state index contributed by atoms with van der Waals surface area (Å²) in [6.07, 6.45) is 3.43. The molecular weight excluding hydrogens is 260 g/mol. The summed E-state index contributed by atoms with van der Waals surface area (Å²) < 4.78 is 0. The van der Waals surface area contributed by atoms with E-state index in [1.807, 2.05) is 12.1 Å². The van der Waals surface area contributed by atoms with Crippen LogP contribution >= 0.6 is 11.3 Å². The molecule has 0 saturated carbocycles. The Labute approximate surface area is 116 Å². The minimum Gasteiger partial charge on any atom is -0.287 e. The Kier molecular flexibility index (Phi) is 4.21. The summed E-state index contributed by atoms with van der Waals surface area (Å²) >= 11 is 1.42. The third-order valence-electron chi connectivity index (χ3n) is 2.50. The van der Waals surface area contributed by atoms with Crippen LogP contribution in [0.15, 0.2) is 24.5 Å². The molecule has 0 saturated heterocycles. The fourth-order valence-electron chi connectivity index (χ4n) is 1.64. The third-order valence-corrected chi connectivity index (χ3v) is 3.50. The Bertz CT molecular complexity index is 553. The van der Waals surface area contributed by atoms with E-state index in [9.17, 15) is 4.79 Å². The first kappa shape index (κ1) is 13.6. The van der Waals surface area contributed by atoms with E-state index in [-0.39, 0.29) is 5.91 Å². The maximum absolute atomic E-state index is 11.7. The summed E-state index contributed by atoms with van der Waals surface area (Å²) in [4.78, 5) is 17.3. The van der Waals surface area contributed by atoms with E-state index in [1.54, 1.807) is 24.2 Å². The third kappa shape index (κ3) is 3.35. The number of carbonyl (C=O) groups excluding carboxylic acids is 1. The monoisotopic (exact) mass is 276 g/mol. The van der Waals surface area contributed by atoms with Gasteiger partial charge in [-0.05, 0) is 18.1 Å². The molecule has 5 nitrogen and oxygen atoms in total. The molecule has 1 amide bonds. The molecule has 19 heavy (non-hydrogen) atoms. The molecule has 0 bridgehead atoms. The van der Waals surface area contributed by atoms with Crippen molar-refractivity contribution in [3.8, 4) is 10.6 Å². The highest BCUT2D eigenvalue weighted by molar-refractivity contribution is 7.18. The summed E-state index contributed by atoms with van der Waals surface area (Å²) in [5.74, 6) is 0.378. The van der Waals surface area contributed by atoms with Crippen molar-refractivity contribution in [2.24, 2.45) is 5.92 Å². The Morgan fingerprint density at radius 1 is 1.32 bits per heavy atom. The number of nitrogens with zero attached hydrogens (tertiary/aromatic N) is 4. The number of rotatable bonds is 4. The van der Waals surface area contributed by atoms with Crippen LogP contribution in [-0.4, -0.2) is 27.6 Å². The van der Waals surface area contributed by atoms with Gasteiger partial charge in [0, 0.05) is 31.4 Å². The van der Waals surface area contributed by atoms with Crippen molar-refractivity contribution in [2.75, 3.05) is 11.4 Å². The molecule has 2 aromatic heterocycles. The number of amides is 1. The number of aromatic nitrogens is 3. The van der Waals surface area contributed by atoms with E-state index in [2.05, 4.69) is 29.0 Å². The molecule has 0 spiro atoms. The van der Waals surface area contributed by atoms with Crippen molar-refractivity contribution in [1.29, 1.82) is 0 Å². The smallest absolute Gasteiger partial charge is 0.225 e. The van der Waals surface area contributed by atoms with Gasteiger partial charge in [0.15, 0.2) is 0 Å². The minimum absolute atomic E-state index is 0.00821. The fraction of sp³-hybridized carbons (Fsp3) is 0.385.